The van der Waals surface area contributed by atoms with Gasteiger partial charge in [0.25, 0.3) is 5.91 Å². The Morgan fingerprint density at radius 2 is 1.65 bits per heavy atom. The highest BCUT2D eigenvalue weighted by atomic mass is 79.9. The Morgan fingerprint density at radius 3 is 2.29 bits per heavy atom. The molecule has 0 aliphatic heterocycles. The number of hydrogen-bond acceptors (Lipinski definition) is 3. The third kappa shape index (κ3) is 7.73. The third-order valence-corrected chi connectivity index (χ3v) is 5.85. The SMILES string of the molecule is Cc1cccc(OCC(=O)N(Cc2ccc(Br)cc2)C(Cc2ccccc2)C(=O)NC(C)C)c1. The number of carbonyl (C=O) groups excluding carboxylic acids is 2. The number of aryl methyl sites for hydroxylation is 1. The first kappa shape index (κ1) is 25.5. The Labute approximate surface area is 210 Å². The lowest BCUT2D eigenvalue weighted by Crippen LogP contribution is -2.52. The van der Waals surface area contributed by atoms with Crippen LogP contribution in [0.5, 0.6) is 5.75 Å². The van der Waals surface area contributed by atoms with Gasteiger partial charge in [-0.05, 0) is 61.7 Å². The van der Waals surface area contributed by atoms with E-state index in [1.54, 1.807) is 4.90 Å². The van der Waals surface area contributed by atoms with Crippen molar-refractivity contribution in [2.75, 3.05) is 6.61 Å². The Kier molecular flexibility index (Phi) is 9.28. The van der Waals surface area contributed by atoms with Crippen molar-refractivity contribution in [3.8, 4) is 5.75 Å². The molecule has 0 aliphatic rings. The van der Waals surface area contributed by atoms with Gasteiger partial charge in [0.1, 0.15) is 11.8 Å². The molecule has 6 heteroatoms. The Morgan fingerprint density at radius 1 is 0.941 bits per heavy atom. The molecule has 0 heterocycles. The first-order valence-electron chi connectivity index (χ1n) is 11.4. The first-order valence-corrected chi connectivity index (χ1v) is 12.2. The zero-order valence-corrected chi connectivity index (χ0v) is 21.4. The molecule has 2 amide bonds. The topological polar surface area (TPSA) is 58.6 Å². The molecule has 34 heavy (non-hydrogen) atoms. The summed E-state index contributed by atoms with van der Waals surface area (Å²) >= 11 is 3.46. The molecule has 3 rings (SSSR count). The molecule has 5 nitrogen and oxygen atoms in total. The molecule has 0 saturated carbocycles. The van der Waals surface area contributed by atoms with Crippen molar-refractivity contribution in [2.24, 2.45) is 0 Å². The maximum atomic E-state index is 13.5. The number of benzene rings is 3. The van der Waals surface area contributed by atoms with Crippen molar-refractivity contribution in [3.63, 3.8) is 0 Å². The van der Waals surface area contributed by atoms with Crippen molar-refractivity contribution in [1.29, 1.82) is 0 Å². The van der Waals surface area contributed by atoms with Crippen LogP contribution in [-0.4, -0.2) is 35.4 Å². The summed E-state index contributed by atoms with van der Waals surface area (Å²) in [6.07, 6.45) is 0.409. The monoisotopic (exact) mass is 522 g/mol. The molecule has 0 saturated heterocycles. The molecule has 1 unspecified atom stereocenters. The molecule has 1 atom stereocenters. The van der Waals surface area contributed by atoms with E-state index in [2.05, 4.69) is 21.2 Å². The fraction of sp³-hybridized carbons (Fsp3) is 0.286. The number of halogens is 1. The van der Waals surface area contributed by atoms with Crippen molar-refractivity contribution < 1.29 is 14.3 Å². The van der Waals surface area contributed by atoms with Gasteiger partial charge >= 0.3 is 0 Å². The molecule has 1 N–H and O–H groups in total. The number of rotatable bonds is 10. The average molecular weight is 523 g/mol. The molecular weight excluding hydrogens is 492 g/mol. The van der Waals surface area contributed by atoms with E-state index < -0.39 is 6.04 Å². The largest absolute Gasteiger partial charge is 0.484 e. The van der Waals surface area contributed by atoms with E-state index >= 15 is 0 Å². The number of hydrogen-bond donors (Lipinski definition) is 1. The number of nitrogens with zero attached hydrogens (tertiary/aromatic N) is 1. The van der Waals surface area contributed by atoms with Crippen LogP contribution in [-0.2, 0) is 22.6 Å². The van der Waals surface area contributed by atoms with Crippen molar-refractivity contribution >= 4 is 27.7 Å². The van der Waals surface area contributed by atoms with Gasteiger partial charge in [0, 0.05) is 23.5 Å². The van der Waals surface area contributed by atoms with Gasteiger partial charge in [-0.1, -0.05) is 70.5 Å². The van der Waals surface area contributed by atoms with E-state index in [1.165, 1.54) is 0 Å². The lowest BCUT2D eigenvalue weighted by molar-refractivity contribution is -0.143. The molecule has 3 aromatic rings. The van der Waals surface area contributed by atoms with Crippen molar-refractivity contribution in [3.05, 3.63) is 100 Å². The van der Waals surface area contributed by atoms with Gasteiger partial charge in [-0.2, -0.15) is 0 Å². The molecule has 0 bridgehead atoms. The van der Waals surface area contributed by atoms with E-state index in [0.717, 1.165) is 21.2 Å². The van der Waals surface area contributed by atoms with Gasteiger partial charge in [0.2, 0.25) is 5.91 Å². The second-order valence-corrected chi connectivity index (χ2v) is 9.54. The molecule has 0 aromatic heterocycles. The lowest BCUT2D eigenvalue weighted by atomic mass is 10.0. The van der Waals surface area contributed by atoms with Crippen LogP contribution in [0.1, 0.15) is 30.5 Å². The van der Waals surface area contributed by atoms with Crippen molar-refractivity contribution in [2.45, 2.75) is 45.8 Å². The summed E-state index contributed by atoms with van der Waals surface area (Å²) in [7, 11) is 0. The van der Waals surface area contributed by atoms with Crippen LogP contribution in [0, 0.1) is 6.92 Å². The van der Waals surface area contributed by atoms with E-state index in [4.69, 9.17) is 4.74 Å². The molecule has 0 radical (unpaired) electrons. The molecular formula is C28H31BrN2O3. The van der Waals surface area contributed by atoms with Crippen LogP contribution in [0.4, 0.5) is 0 Å². The Bertz CT molecular complexity index is 1080. The highest BCUT2D eigenvalue weighted by Crippen LogP contribution is 2.18. The third-order valence-electron chi connectivity index (χ3n) is 5.32. The predicted octanol–water partition coefficient (Wildman–Crippen LogP) is 5.30. The molecule has 0 fully saturated rings. The predicted molar refractivity (Wildman–Crippen MR) is 139 cm³/mol. The lowest BCUT2D eigenvalue weighted by Gasteiger charge is -2.32. The Hall–Kier alpha value is -3.12. The van der Waals surface area contributed by atoms with E-state index in [9.17, 15) is 9.59 Å². The zero-order valence-electron chi connectivity index (χ0n) is 19.8. The van der Waals surface area contributed by atoms with E-state index in [1.807, 2.05) is 99.6 Å². The van der Waals surface area contributed by atoms with E-state index in [-0.39, 0.29) is 24.5 Å². The maximum absolute atomic E-state index is 13.5. The standard InChI is InChI=1S/C28H31BrN2O3/c1-20(2)30-28(33)26(17-22-9-5-4-6-10-22)31(18-23-12-14-24(29)15-13-23)27(32)19-34-25-11-7-8-21(3)16-25/h4-16,20,26H,17-19H2,1-3H3,(H,30,33). The van der Waals surface area contributed by atoms with Gasteiger partial charge in [-0.15, -0.1) is 0 Å². The summed E-state index contributed by atoms with van der Waals surface area (Å²) < 4.78 is 6.77. The average Bonchev–Trinajstić information content (AvgIpc) is 2.81. The minimum absolute atomic E-state index is 0.0426. The number of amides is 2. The van der Waals surface area contributed by atoms with Crippen molar-refractivity contribution in [1.82, 2.24) is 10.2 Å². The fourth-order valence-electron chi connectivity index (χ4n) is 3.65. The summed E-state index contributed by atoms with van der Waals surface area (Å²) in [6.45, 7) is 5.95. The minimum Gasteiger partial charge on any atom is -0.484 e. The summed E-state index contributed by atoms with van der Waals surface area (Å²) in [5, 5.41) is 2.99. The highest BCUT2D eigenvalue weighted by molar-refractivity contribution is 9.10. The zero-order chi connectivity index (χ0) is 24.5. The first-order chi connectivity index (χ1) is 16.3. The second-order valence-electron chi connectivity index (χ2n) is 8.62. The maximum Gasteiger partial charge on any atom is 0.261 e. The van der Waals surface area contributed by atoms with Crippen LogP contribution in [0.15, 0.2) is 83.3 Å². The number of carbonyl (C=O) groups is 2. The summed E-state index contributed by atoms with van der Waals surface area (Å²) in [4.78, 5) is 28.4. The van der Waals surface area contributed by atoms with Gasteiger partial charge in [0.05, 0.1) is 0 Å². The van der Waals surface area contributed by atoms with Crippen LogP contribution >= 0.6 is 15.9 Å². The molecule has 0 aliphatic carbocycles. The summed E-state index contributed by atoms with van der Waals surface area (Å²) in [5.41, 5.74) is 2.97. The normalized spacial score (nSPS) is 11.7. The summed E-state index contributed by atoms with van der Waals surface area (Å²) in [6, 6.07) is 24.4. The molecule has 178 valence electrons. The van der Waals surface area contributed by atoms with Crippen LogP contribution in [0.25, 0.3) is 0 Å². The van der Waals surface area contributed by atoms with Crippen LogP contribution in [0.3, 0.4) is 0 Å². The number of nitrogens with one attached hydrogen (secondary N) is 1. The van der Waals surface area contributed by atoms with Gasteiger partial charge in [0.15, 0.2) is 6.61 Å². The van der Waals surface area contributed by atoms with E-state index in [0.29, 0.717) is 18.7 Å². The summed E-state index contributed by atoms with van der Waals surface area (Å²) in [5.74, 6) is 0.201. The van der Waals surface area contributed by atoms with Gasteiger partial charge in [-0.3, -0.25) is 9.59 Å². The quantitative estimate of drug-likeness (QED) is 0.393. The second kappa shape index (κ2) is 12.4. The fourth-order valence-corrected chi connectivity index (χ4v) is 3.92. The highest BCUT2D eigenvalue weighted by Gasteiger charge is 2.31. The van der Waals surface area contributed by atoms with Gasteiger partial charge < -0.3 is 15.0 Å². The van der Waals surface area contributed by atoms with Crippen LogP contribution in [0.2, 0.25) is 0 Å². The van der Waals surface area contributed by atoms with Crippen LogP contribution < -0.4 is 10.1 Å². The molecule has 3 aromatic carbocycles. The minimum atomic E-state index is -0.679. The Balaban J connectivity index is 1.90. The molecule has 0 spiro atoms. The van der Waals surface area contributed by atoms with Gasteiger partial charge in [-0.25, -0.2) is 0 Å². The smallest absolute Gasteiger partial charge is 0.261 e. The number of ether oxygens (including phenoxy) is 1.